The molecule has 1 aliphatic heterocycles. The Morgan fingerprint density at radius 1 is 0.900 bits per heavy atom. The summed E-state index contributed by atoms with van der Waals surface area (Å²) in [7, 11) is 3.05. The average Bonchev–Trinajstić information content (AvgIpc) is 2.97. The number of anilines is 1. The average molecular weight is 428 g/mol. The molecule has 1 heterocycles. The zero-order valence-corrected chi connectivity index (χ0v) is 18.5. The summed E-state index contributed by atoms with van der Waals surface area (Å²) in [6, 6.07) is 12.2. The van der Waals surface area contributed by atoms with E-state index in [1.165, 1.54) is 30.9 Å². The molecular weight excluding hydrogens is 402 g/mol. The monoisotopic (exact) mass is 427 g/mol. The number of imide groups is 1. The molecule has 0 atom stereocenters. The molecule has 2 aromatic carbocycles. The molecule has 158 valence electrons. The standard InChI is InChI=1S/C23H25NO5S/c1-6-29-17-9-7-15(8-10-17)20-21(30-14(2)3)23(26)24(22(20)25)16-11-18(27-4)13-19(12-16)28-5/h7-14H,6H2,1-5H3. The van der Waals surface area contributed by atoms with Gasteiger partial charge in [-0.1, -0.05) is 26.0 Å². The minimum absolute atomic E-state index is 0.134. The number of benzene rings is 2. The largest absolute Gasteiger partial charge is 0.497 e. The molecule has 2 aromatic rings. The van der Waals surface area contributed by atoms with Gasteiger partial charge < -0.3 is 14.2 Å². The van der Waals surface area contributed by atoms with Gasteiger partial charge in [-0.05, 0) is 24.6 Å². The maximum absolute atomic E-state index is 13.4. The van der Waals surface area contributed by atoms with E-state index in [1.54, 1.807) is 30.3 Å². The molecule has 0 fully saturated rings. The summed E-state index contributed by atoms with van der Waals surface area (Å²) in [6.07, 6.45) is 0. The molecule has 0 N–H and O–H groups in total. The van der Waals surface area contributed by atoms with Gasteiger partial charge in [-0.3, -0.25) is 9.59 Å². The molecule has 1 aliphatic rings. The van der Waals surface area contributed by atoms with Gasteiger partial charge in [0.2, 0.25) is 0 Å². The fourth-order valence-electron chi connectivity index (χ4n) is 3.15. The molecule has 0 bridgehead atoms. The van der Waals surface area contributed by atoms with Gasteiger partial charge in [0, 0.05) is 23.4 Å². The van der Waals surface area contributed by atoms with Gasteiger partial charge in [0.25, 0.3) is 11.8 Å². The molecule has 0 aliphatic carbocycles. The van der Waals surface area contributed by atoms with Crippen molar-refractivity contribution < 1.29 is 23.8 Å². The summed E-state index contributed by atoms with van der Waals surface area (Å²) in [4.78, 5) is 28.4. The van der Waals surface area contributed by atoms with Crippen LogP contribution in [0.15, 0.2) is 47.4 Å². The maximum atomic E-state index is 13.4. The van der Waals surface area contributed by atoms with Crippen LogP contribution in [0.4, 0.5) is 5.69 Å². The number of carbonyl (C=O) groups is 2. The third-order valence-corrected chi connectivity index (χ3v) is 5.53. The highest BCUT2D eigenvalue weighted by Gasteiger charge is 2.40. The van der Waals surface area contributed by atoms with Crippen molar-refractivity contribution in [2.24, 2.45) is 0 Å². The summed E-state index contributed by atoms with van der Waals surface area (Å²) in [5, 5.41) is 0.134. The summed E-state index contributed by atoms with van der Waals surface area (Å²) in [6.45, 7) is 6.44. The summed E-state index contributed by atoms with van der Waals surface area (Å²) < 4.78 is 16.1. The molecule has 7 heteroatoms. The van der Waals surface area contributed by atoms with Gasteiger partial charge in [0.1, 0.15) is 17.2 Å². The number of hydrogen-bond donors (Lipinski definition) is 0. The highest BCUT2D eigenvalue weighted by molar-refractivity contribution is 8.04. The zero-order chi connectivity index (χ0) is 21.8. The molecule has 0 saturated carbocycles. The van der Waals surface area contributed by atoms with E-state index in [-0.39, 0.29) is 17.1 Å². The SMILES string of the molecule is CCOc1ccc(C2=C(SC(C)C)C(=O)N(c3cc(OC)cc(OC)c3)C2=O)cc1. The summed E-state index contributed by atoms with van der Waals surface area (Å²) in [5.41, 5.74) is 1.48. The third-order valence-electron chi connectivity index (χ3n) is 4.44. The third kappa shape index (κ3) is 4.31. The first-order chi connectivity index (χ1) is 14.4. The smallest absolute Gasteiger partial charge is 0.272 e. The lowest BCUT2D eigenvalue weighted by Gasteiger charge is -2.17. The van der Waals surface area contributed by atoms with Gasteiger partial charge in [-0.2, -0.15) is 0 Å². The number of rotatable bonds is 8. The number of methoxy groups -OCH3 is 2. The van der Waals surface area contributed by atoms with Crippen LogP contribution >= 0.6 is 11.8 Å². The fraction of sp³-hybridized carbons (Fsp3) is 0.304. The van der Waals surface area contributed by atoms with Gasteiger partial charge in [0.05, 0.1) is 37.0 Å². The van der Waals surface area contributed by atoms with E-state index < -0.39 is 0 Å². The van der Waals surface area contributed by atoms with Crippen LogP contribution in [0.25, 0.3) is 5.57 Å². The summed E-state index contributed by atoms with van der Waals surface area (Å²) in [5.74, 6) is 0.988. The van der Waals surface area contributed by atoms with E-state index in [9.17, 15) is 9.59 Å². The Morgan fingerprint density at radius 2 is 1.50 bits per heavy atom. The fourth-order valence-corrected chi connectivity index (χ4v) is 4.14. The second kappa shape index (κ2) is 9.26. The van der Waals surface area contributed by atoms with Gasteiger partial charge in [-0.25, -0.2) is 4.90 Å². The van der Waals surface area contributed by atoms with Crippen molar-refractivity contribution in [3.05, 3.63) is 52.9 Å². The highest BCUT2D eigenvalue weighted by atomic mass is 32.2. The number of thioether (sulfide) groups is 1. The number of carbonyl (C=O) groups excluding carboxylic acids is 2. The Balaban J connectivity index is 2.07. The van der Waals surface area contributed by atoms with Crippen LogP contribution < -0.4 is 19.1 Å². The van der Waals surface area contributed by atoms with Crippen LogP contribution in [0.3, 0.4) is 0 Å². The normalized spacial score (nSPS) is 14.0. The van der Waals surface area contributed by atoms with Gasteiger partial charge in [-0.15, -0.1) is 11.8 Å². The molecule has 30 heavy (non-hydrogen) atoms. The number of hydrogen-bond acceptors (Lipinski definition) is 6. The van der Waals surface area contributed by atoms with Crippen LogP contribution in [0.5, 0.6) is 17.2 Å². The van der Waals surface area contributed by atoms with E-state index in [0.717, 1.165) is 0 Å². The van der Waals surface area contributed by atoms with Crippen molar-refractivity contribution in [2.45, 2.75) is 26.0 Å². The second-order valence-electron chi connectivity index (χ2n) is 6.84. The van der Waals surface area contributed by atoms with E-state index in [2.05, 4.69) is 0 Å². The molecule has 0 spiro atoms. The van der Waals surface area contributed by atoms with Gasteiger partial charge >= 0.3 is 0 Å². The van der Waals surface area contributed by atoms with Crippen molar-refractivity contribution in [1.82, 2.24) is 0 Å². The van der Waals surface area contributed by atoms with Crippen molar-refractivity contribution in [2.75, 3.05) is 25.7 Å². The van der Waals surface area contributed by atoms with Crippen molar-refractivity contribution >= 4 is 34.8 Å². The minimum Gasteiger partial charge on any atom is -0.497 e. The first-order valence-corrected chi connectivity index (χ1v) is 10.5. The number of amides is 2. The summed E-state index contributed by atoms with van der Waals surface area (Å²) >= 11 is 1.38. The molecule has 0 radical (unpaired) electrons. The van der Waals surface area contributed by atoms with Crippen LogP contribution in [-0.2, 0) is 9.59 Å². The molecule has 0 unspecified atom stereocenters. The highest BCUT2D eigenvalue weighted by Crippen LogP contribution is 2.41. The van der Waals surface area contributed by atoms with Crippen molar-refractivity contribution in [1.29, 1.82) is 0 Å². The lowest BCUT2D eigenvalue weighted by Crippen LogP contribution is -2.31. The molecule has 0 saturated heterocycles. The van der Waals surface area contributed by atoms with Crippen LogP contribution in [0.2, 0.25) is 0 Å². The van der Waals surface area contributed by atoms with Gasteiger partial charge in [0.15, 0.2) is 0 Å². The van der Waals surface area contributed by atoms with Crippen molar-refractivity contribution in [3.8, 4) is 17.2 Å². The predicted molar refractivity (Wildman–Crippen MR) is 119 cm³/mol. The first kappa shape index (κ1) is 21.8. The van der Waals surface area contributed by atoms with E-state index in [0.29, 0.717) is 45.6 Å². The minimum atomic E-state index is -0.373. The van der Waals surface area contributed by atoms with E-state index >= 15 is 0 Å². The molecule has 3 rings (SSSR count). The van der Waals surface area contributed by atoms with E-state index in [4.69, 9.17) is 14.2 Å². The lowest BCUT2D eigenvalue weighted by molar-refractivity contribution is -0.119. The topological polar surface area (TPSA) is 65.1 Å². The van der Waals surface area contributed by atoms with E-state index in [1.807, 2.05) is 32.9 Å². The Morgan fingerprint density at radius 3 is 2.00 bits per heavy atom. The Labute approximate surface area is 180 Å². The van der Waals surface area contributed by atoms with Crippen molar-refractivity contribution in [3.63, 3.8) is 0 Å². The Bertz CT molecular complexity index is 959. The van der Waals surface area contributed by atoms with Crippen LogP contribution in [0.1, 0.15) is 26.3 Å². The second-order valence-corrected chi connectivity index (χ2v) is 8.43. The lowest BCUT2D eigenvalue weighted by atomic mass is 10.1. The number of ether oxygens (including phenoxy) is 3. The molecule has 6 nitrogen and oxygen atoms in total. The van der Waals surface area contributed by atoms with Crippen LogP contribution in [0, 0.1) is 0 Å². The number of nitrogens with zero attached hydrogens (tertiary/aromatic N) is 1. The predicted octanol–water partition coefficient (Wildman–Crippen LogP) is 4.53. The molecular formula is C23H25NO5S. The Kier molecular flexibility index (Phi) is 6.72. The zero-order valence-electron chi connectivity index (χ0n) is 17.7. The van der Waals surface area contributed by atoms with Crippen LogP contribution in [-0.4, -0.2) is 37.9 Å². The maximum Gasteiger partial charge on any atom is 0.272 e. The quantitative estimate of drug-likeness (QED) is 0.577. The molecule has 0 aromatic heterocycles. The molecule has 2 amide bonds. The first-order valence-electron chi connectivity index (χ1n) is 9.65. The Hall–Kier alpha value is -2.93.